The molecule has 0 spiro atoms. The third-order valence-corrected chi connectivity index (χ3v) is 3.20. The molecule has 0 radical (unpaired) electrons. The average Bonchev–Trinajstić information content (AvgIpc) is 2.77. The maximum atomic E-state index is 10.5. The molecule has 5 heteroatoms. The van der Waals surface area contributed by atoms with Crippen molar-refractivity contribution in [3.63, 3.8) is 0 Å². The fourth-order valence-corrected chi connectivity index (χ4v) is 2.18. The predicted octanol–water partition coefficient (Wildman–Crippen LogP) is 3.94. The van der Waals surface area contributed by atoms with Crippen molar-refractivity contribution in [3.05, 3.63) is 63.9 Å². The molecule has 0 amide bonds. The van der Waals surface area contributed by atoms with Gasteiger partial charge < -0.3 is 9.67 Å². The highest BCUT2D eigenvalue weighted by molar-refractivity contribution is 6.35. The molecule has 1 aromatic carbocycles. The summed E-state index contributed by atoms with van der Waals surface area (Å²) in [6, 6.07) is 9.01. The van der Waals surface area contributed by atoms with Crippen LogP contribution in [0.5, 0.6) is 0 Å². The molecule has 2 rings (SSSR count). The number of nitrogens with zero attached hydrogens (tertiary/aromatic N) is 1. The zero-order valence-electron chi connectivity index (χ0n) is 9.88. The molecule has 0 atom stereocenters. The van der Waals surface area contributed by atoms with Gasteiger partial charge in [-0.3, -0.25) is 0 Å². The Kier molecular flexibility index (Phi) is 4.30. The van der Waals surface area contributed by atoms with E-state index in [-0.39, 0.29) is 0 Å². The summed E-state index contributed by atoms with van der Waals surface area (Å²) >= 11 is 12.0. The van der Waals surface area contributed by atoms with E-state index in [0.717, 1.165) is 17.3 Å². The van der Waals surface area contributed by atoms with Crippen LogP contribution in [0.3, 0.4) is 0 Å². The zero-order valence-corrected chi connectivity index (χ0v) is 11.4. The minimum Gasteiger partial charge on any atom is -0.478 e. The molecule has 0 saturated carbocycles. The van der Waals surface area contributed by atoms with Crippen LogP contribution in [0.4, 0.5) is 0 Å². The number of halogens is 2. The Bertz CT molecular complexity index is 632. The van der Waals surface area contributed by atoms with Crippen LogP contribution >= 0.6 is 23.2 Å². The first-order chi connectivity index (χ1) is 9.06. The fourth-order valence-electron chi connectivity index (χ4n) is 1.71. The highest BCUT2D eigenvalue weighted by Gasteiger charge is 2.04. The topological polar surface area (TPSA) is 42.2 Å². The summed E-state index contributed by atoms with van der Waals surface area (Å²) in [4.78, 5) is 10.5. The van der Waals surface area contributed by atoms with Gasteiger partial charge in [0.05, 0.1) is 0 Å². The molecule has 0 aliphatic heterocycles. The first-order valence-electron chi connectivity index (χ1n) is 5.56. The summed E-state index contributed by atoms with van der Waals surface area (Å²) in [5.41, 5.74) is 1.72. The van der Waals surface area contributed by atoms with Crippen LogP contribution in [0.2, 0.25) is 10.0 Å². The van der Waals surface area contributed by atoms with Crippen LogP contribution in [0.1, 0.15) is 11.3 Å². The van der Waals surface area contributed by atoms with Crippen molar-refractivity contribution in [2.75, 3.05) is 0 Å². The molecule has 2 aromatic rings. The van der Waals surface area contributed by atoms with E-state index in [9.17, 15) is 4.79 Å². The lowest BCUT2D eigenvalue weighted by Crippen LogP contribution is -2.01. The van der Waals surface area contributed by atoms with Crippen molar-refractivity contribution in [1.29, 1.82) is 0 Å². The van der Waals surface area contributed by atoms with Gasteiger partial charge in [0.15, 0.2) is 0 Å². The Morgan fingerprint density at radius 3 is 2.79 bits per heavy atom. The van der Waals surface area contributed by atoms with E-state index in [1.165, 1.54) is 0 Å². The minimum atomic E-state index is -0.975. The number of rotatable bonds is 4. The molecule has 1 aromatic heterocycles. The van der Waals surface area contributed by atoms with Gasteiger partial charge in [0, 0.05) is 34.6 Å². The number of hydrogen-bond donors (Lipinski definition) is 1. The molecule has 0 unspecified atom stereocenters. The van der Waals surface area contributed by atoms with Gasteiger partial charge in [-0.2, -0.15) is 0 Å². The number of carboxylic acid groups (broad SMARTS) is 1. The summed E-state index contributed by atoms with van der Waals surface area (Å²) in [6.45, 7) is 0.558. The van der Waals surface area contributed by atoms with Gasteiger partial charge in [-0.25, -0.2) is 4.79 Å². The van der Waals surface area contributed by atoms with Crippen molar-refractivity contribution in [2.24, 2.45) is 0 Å². The maximum Gasteiger partial charge on any atom is 0.328 e. The lowest BCUT2D eigenvalue weighted by Gasteiger charge is -2.08. The number of carbonyl (C=O) groups is 1. The van der Waals surface area contributed by atoms with Crippen LogP contribution in [0, 0.1) is 0 Å². The predicted molar refractivity (Wildman–Crippen MR) is 76.7 cm³/mol. The summed E-state index contributed by atoms with van der Waals surface area (Å²) in [5.74, 6) is -0.975. The number of aromatic nitrogens is 1. The number of carboxylic acids is 1. The van der Waals surface area contributed by atoms with E-state index in [0.29, 0.717) is 16.6 Å². The second-order valence-electron chi connectivity index (χ2n) is 3.97. The Morgan fingerprint density at radius 1 is 1.32 bits per heavy atom. The van der Waals surface area contributed by atoms with E-state index < -0.39 is 5.97 Å². The second kappa shape index (κ2) is 5.95. The minimum absolute atomic E-state index is 0.558. The molecule has 3 nitrogen and oxygen atoms in total. The second-order valence-corrected chi connectivity index (χ2v) is 4.81. The maximum absolute atomic E-state index is 10.5. The summed E-state index contributed by atoms with van der Waals surface area (Å²) < 4.78 is 1.91. The van der Waals surface area contributed by atoms with Crippen LogP contribution < -0.4 is 0 Å². The van der Waals surface area contributed by atoms with Crippen LogP contribution in [0.25, 0.3) is 6.08 Å². The molecular formula is C14H11Cl2NO2. The lowest BCUT2D eigenvalue weighted by molar-refractivity contribution is -0.131. The monoisotopic (exact) mass is 295 g/mol. The summed E-state index contributed by atoms with van der Waals surface area (Å²) in [5, 5.41) is 9.82. The van der Waals surface area contributed by atoms with Crippen molar-refractivity contribution in [1.82, 2.24) is 4.57 Å². The average molecular weight is 296 g/mol. The molecule has 0 saturated heterocycles. The van der Waals surface area contributed by atoms with Crippen molar-refractivity contribution < 1.29 is 9.90 Å². The van der Waals surface area contributed by atoms with Gasteiger partial charge in [-0.05, 0) is 35.9 Å². The Hall–Kier alpha value is -1.71. The molecule has 1 N–H and O–H groups in total. The summed E-state index contributed by atoms with van der Waals surface area (Å²) in [7, 11) is 0. The SMILES string of the molecule is O=C(O)/C=C/c1cccn1Cc1ccc(Cl)cc1Cl. The zero-order chi connectivity index (χ0) is 13.8. The van der Waals surface area contributed by atoms with Gasteiger partial charge in [0.2, 0.25) is 0 Å². The molecule has 0 fully saturated rings. The Balaban J connectivity index is 2.24. The normalized spacial score (nSPS) is 11.1. The first-order valence-corrected chi connectivity index (χ1v) is 6.32. The number of benzene rings is 1. The van der Waals surface area contributed by atoms with Crippen molar-refractivity contribution in [3.8, 4) is 0 Å². The van der Waals surface area contributed by atoms with Crippen LogP contribution in [-0.4, -0.2) is 15.6 Å². The summed E-state index contributed by atoms with van der Waals surface area (Å²) in [6.07, 6.45) is 4.52. The molecule has 0 aliphatic carbocycles. The highest BCUT2D eigenvalue weighted by atomic mass is 35.5. The van der Waals surface area contributed by atoms with E-state index in [2.05, 4.69) is 0 Å². The smallest absolute Gasteiger partial charge is 0.328 e. The number of aliphatic carboxylic acids is 1. The van der Waals surface area contributed by atoms with E-state index >= 15 is 0 Å². The van der Waals surface area contributed by atoms with Crippen LogP contribution in [-0.2, 0) is 11.3 Å². The van der Waals surface area contributed by atoms with Gasteiger partial charge in [-0.1, -0.05) is 29.3 Å². The van der Waals surface area contributed by atoms with E-state index in [1.54, 1.807) is 18.2 Å². The molecule has 1 heterocycles. The lowest BCUT2D eigenvalue weighted by atomic mass is 10.2. The third-order valence-electron chi connectivity index (χ3n) is 2.62. The molecule has 0 bridgehead atoms. The standard InChI is InChI=1S/C14H11Cl2NO2/c15-11-4-3-10(13(16)8-11)9-17-7-1-2-12(17)5-6-14(18)19/h1-8H,9H2,(H,18,19)/b6-5+. The third kappa shape index (κ3) is 3.63. The molecule has 98 valence electrons. The number of hydrogen-bond acceptors (Lipinski definition) is 1. The van der Waals surface area contributed by atoms with E-state index in [1.807, 2.05) is 29.0 Å². The highest BCUT2D eigenvalue weighted by Crippen LogP contribution is 2.22. The molecule has 19 heavy (non-hydrogen) atoms. The van der Waals surface area contributed by atoms with Crippen LogP contribution in [0.15, 0.2) is 42.6 Å². The Morgan fingerprint density at radius 2 is 2.11 bits per heavy atom. The van der Waals surface area contributed by atoms with Crippen molar-refractivity contribution >= 4 is 35.2 Å². The molecular weight excluding hydrogens is 285 g/mol. The van der Waals surface area contributed by atoms with Crippen molar-refractivity contribution in [2.45, 2.75) is 6.54 Å². The van der Waals surface area contributed by atoms with Gasteiger partial charge >= 0.3 is 5.97 Å². The fraction of sp³-hybridized carbons (Fsp3) is 0.0714. The molecule has 0 aliphatic rings. The Labute approximate surface area is 120 Å². The first kappa shape index (κ1) is 13.7. The van der Waals surface area contributed by atoms with Gasteiger partial charge in [-0.15, -0.1) is 0 Å². The quantitative estimate of drug-likeness (QED) is 0.868. The van der Waals surface area contributed by atoms with Gasteiger partial charge in [0.1, 0.15) is 0 Å². The van der Waals surface area contributed by atoms with Gasteiger partial charge in [0.25, 0.3) is 0 Å². The largest absolute Gasteiger partial charge is 0.478 e. The van der Waals surface area contributed by atoms with E-state index in [4.69, 9.17) is 28.3 Å².